The van der Waals surface area contributed by atoms with Gasteiger partial charge in [-0.05, 0) is 24.6 Å². The first kappa shape index (κ1) is 15.5. The topological polar surface area (TPSA) is 46.2 Å². The van der Waals surface area contributed by atoms with Gasteiger partial charge in [0.25, 0.3) is 0 Å². The van der Waals surface area contributed by atoms with Crippen LogP contribution in [0.3, 0.4) is 0 Å². The van der Waals surface area contributed by atoms with E-state index in [1.54, 1.807) is 24.3 Å². The van der Waals surface area contributed by atoms with Crippen molar-refractivity contribution in [1.82, 2.24) is 4.72 Å². The van der Waals surface area contributed by atoms with Crippen molar-refractivity contribution < 1.29 is 8.42 Å². The highest BCUT2D eigenvalue weighted by Crippen LogP contribution is 2.22. The van der Waals surface area contributed by atoms with Crippen LogP contribution in [-0.2, 0) is 10.0 Å². The van der Waals surface area contributed by atoms with Gasteiger partial charge in [0.2, 0.25) is 10.0 Å². The second-order valence-electron chi connectivity index (χ2n) is 4.54. The standard InChI is InChI=1S/C15H16INO2S/c1-12-7-9-14(10-8-12)20(18,19)17-11-15(16)13-5-3-2-4-6-13/h2-10,15,17H,11H2,1H3. The van der Waals surface area contributed by atoms with Gasteiger partial charge >= 0.3 is 0 Å². The fourth-order valence-electron chi connectivity index (χ4n) is 1.76. The van der Waals surface area contributed by atoms with Gasteiger partial charge in [0.15, 0.2) is 0 Å². The third-order valence-corrected chi connectivity index (χ3v) is 5.54. The summed E-state index contributed by atoms with van der Waals surface area (Å²) in [7, 11) is -3.43. The van der Waals surface area contributed by atoms with Crippen molar-refractivity contribution in [2.45, 2.75) is 15.7 Å². The number of halogens is 1. The first-order valence-electron chi connectivity index (χ1n) is 6.24. The maximum Gasteiger partial charge on any atom is 0.240 e. The predicted octanol–water partition coefficient (Wildman–Crippen LogP) is 3.45. The average molecular weight is 401 g/mol. The number of rotatable bonds is 5. The van der Waals surface area contributed by atoms with Crippen molar-refractivity contribution in [3.63, 3.8) is 0 Å². The van der Waals surface area contributed by atoms with Gasteiger partial charge in [0.05, 0.1) is 4.90 Å². The van der Waals surface area contributed by atoms with Crippen LogP contribution in [0.25, 0.3) is 0 Å². The quantitative estimate of drug-likeness (QED) is 0.616. The largest absolute Gasteiger partial charge is 0.240 e. The van der Waals surface area contributed by atoms with Gasteiger partial charge in [-0.25, -0.2) is 13.1 Å². The number of sulfonamides is 1. The SMILES string of the molecule is Cc1ccc(S(=O)(=O)NCC(I)c2ccccc2)cc1. The van der Waals surface area contributed by atoms with Crippen molar-refractivity contribution in [2.75, 3.05) is 6.54 Å². The van der Waals surface area contributed by atoms with Crippen LogP contribution in [0.15, 0.2) is 59.5 Å². The van der Waals surface area contributed by atoms with Gasteiger partial charge in [0.1, 0.15) is 0 Å². The van der Waals surface area contributed by atoms with E-state index in [1.807, 2.05) is 37.3 Å². The van der Waals surface area contributed by atoms with Gasteiger partial charge in [-0.3, -0.25) is 0 Å². The van der Waals surface area contributed by atoms with Crippen molar-refractivity contribution in [3.05, 3.63) is 65.7 Å². The molecular formula is C15H16INO2S. The monoisotopic (exact) mass is 401 g/mol. The second-order valence-corrected chi connectivity index (χ2v) is 7.81. The molecule has 0 aliphatic rings. The van der Waals surface area contributed by atoms with E-state index >= 15 is 0 Å². The maximum absolute atomic E-state index is 12.2. The molecule has 2 aromatic carbocycles. The Kier molecular flexibility index (Phi) is 5.17. The molecule has 20 heavy (non-hydrogen) atoms. The van der Waals surface area contributed by atoms with Crippen LogP contribution in [0.1, 0.15) is 15.1 Å². The summed E-state index contributed by atoms with van der Waals surface area (Å²) in [6.07, 6.45) is 0. The minimum atomic E-state index is -3.43. The minimum absolute atomic E-state index is 0.106. The van der Waals surface area contributed by atoms with Crippen LogP contribution in [0.2, 0.25) is 0 Å². The van der Waals surface area contributed by atoms with Gasteiger partial charge < -0.3 is 0 Å². The fourth-order valence-corrected chi connectivity index (χ4v) is 3.74. The van der Waals surface area contributed by atoms with Gasteiger partial charge in [-0.2, -0.15) is 0 Å². The zero-order valence-corrected chi connectivity index (χ0v) is 14.1. The number of nitrogens with one attached hydrogen (secondary N) is 1. The molecule has 0 aromatic heterocycles. The van der Waals surface area contributed by atoms with Crippen molar-refractivity contribution >= 4 is 32.6 Å². The average Bonchev–Trinajstić information content (AvgIpc) is 2.46. The summed E-state index contributed by atoms with van der Waals surface area (Å²) in [4.78, 5) is 0.305. The molecule has 2 rings (SSSR count). The lowest BCUT2D eigenvalue weighted by Crippen LogP contribution is -2.26. The molecule has 106 valence electrons. The summed E-state index contributed by atoms with van der Waals surface area (Å²) >= 11 is 2.25. The predicted molar refractivity (Wildman–Crippen MR) is 89.6 cm³/mol. The molecule has 5 heteroatoms. The fraction of sp³-hybridized carbons (Fsp3) is 0.200. The van der Waals surface area contributed by atoms with Crippen LogP contribution >= 0.6 is 22.6 Å². The van der Waals surface area contributed by atoms with E-state index in [2.05, 4.69) is 27.3 Å². The Morgan fingerprint density at radius 1 is 1.05 bits per heavy atom. The highest BCUT2D eigenvalue weighted by molar-refractivity contribution is 14.1. The van der Waals surface area contributed by atoms with E-state index in [-0.39, 0.29) is 3.92 Å². The Morgan fingerprint density at radius 2 is 1.65 bits per heavy atom. The molecule has 0 radical (unpaired) electrons. The first-order valence-corrected chi connectivity index (χ1v) is 8.97. The molecule has 0 saturated heterocycles. The van der Waals surface area contributed by atoms with Crippen LogP contribution in [0.5, 0.6) is 0 Å². The van der Waals surface area contributed by atoms with Gasteiger partial charge in [-0.1, -0.05) is 70.6 Å². The van der Waals surface area contributed by atoms with E-state index in [0.29, 0.717) is 11.4 Å². The Balaban J connectivity index is 2.04. The van der Waals surface area contributed by atoms with E-state index in [4.69, 9.17) is 0 Å². The van der Waals surface area contributed by atoms with Crippen LogP contribution < -0.4 is 4.72 Å². The van der Waals surface area contributed by atoms with Crippen LogP contribution in [0.4, 0.5) is 0 Å². The van der Waals surface area contributed by atoms with Gasteiger partial charge in [-0.15, -0.1) is 0 Å². The molecule has 0 spiro atoms. The molecule has 0 amide bonds. The molecule has 1 unspecified atom stereocenters. The molecule has 1 N–H and O–H groups in total. The molecule has 3 nitrogen and oxygen atoms in total. The number of aryl methyl sites for hydroxylation is 1. The Bertz CT molecular complexity index is 654. The molecule has 0 fully saturated rings. The molecule has 0 heterocycles. The zero-order chi connectivity index (χ0) is 14.6. The summed E-state index contributed by atoms with van der Waals surface area (Å²) in [6, 6.07) is 16.7. The number of benzene rings is 2. The number of hydrogen-bond acceptors (Lipinski definition) is 2. The lowest BCUT2D eigenvalue weighted by Gasteiger charge is -2.12. The smallest absolute Gasteiger partial charge is 0.210 e. The Morgan fingerprint density at radius 3 is 2.25 bits per heavy atom. The summed E-state index contributed by atoms with van der Waals surface area (Å²) in [5.74, 6) is 0. The second kappa shape index (κ2) is 6.69. The summed E-state index contributed by atoms with van der Waals surface area (Å²) < 4.78 is 27.1. The van der Waals surface area contributed by atoms with E-state index < -0.39 is 10.0 Å². The lowest BCUT2D eigenvalue weighted by atomic mass is 10.2. The van der Waals surface area contributed by atoms with Crippen LogP contribution in [0, 0.1) is 6.92 Å². The molecule has 0 saturated carbocycles. The summed E-state index contributed by atoms with van der Waals surface area (Å²) in [5.41, 5.74) is 2.15. The molecule has 2 aromatic rings. The van der Waals surface area contributed by atoms with Crippen LogP contribution in [-0.4, -0.2) is 15.0 Å². The van der Waals surface area contributed by atoms with Crippen molar-refractivity contribution in [2.24, 2.45) is 0 Å². The van der Waals surface area contributed by atoms with E-state index in [9.17, 15) is 8.42 Å². The van der Waals surface area contributed by atoms with E-state index in [0.717, 1.165) is 11.1 Å². The summed E-state index contributed by atoms with van der Waals surface area (Å²) in [5, 5.41) is 0. The molecule has 0 aliphatic carbocycles. The maximum atomic E-state index is 12.2. The number of alkyl halides is 1. The van der Waals surface area contributed by atoms with Crippen molar-refractivity contribution in [1.29, 1.82) is 0 Å². The zero-order valence-electron chi connectivity index (χ0n) is 11.1. The Hall–Kier alpha value is -0.920. The molecular weight excluding hydrogens is 385 g/mol. The third-order valence-electron chi connectivity index (χ3n) is 2.95. The lowest BCUT2D eigenvalue weighted by molar-refractivity contribution is 0.582. The molecule has 0 aliphatic heterocycles. The normalized spacial score (nSPS) is 13.1. The van der Waals surface area contributed by atoms with Crippen molar-refractivity contribution in [3.8, 4) is 0 Å². The highest BCUT2D eigenvalue weighted by atomic mass is 127. The number of hydrogen-bond donors (Lipinski definition) is 1. The third kappa shape index (κ3) is 4.04. The first-order chi connectivity index (χ1) is 9.49. The summed E-state index contributed by atoms with van der Waals surface area (Å²) in [6.45, 7) is 2.31. The molecule has 1 atom stereocenters. The van der Waals surface area contributed by atoms with E-state index in [1.165, 1.54) is 0 Å². The minimum Gasteiger partial charge on any atom is -0.210 e. The Labute approximate surface area is 133 Å². The van der Waals surface area contributed by atoms with Gasteiger partial charge in [0, 0.05) is 10.5 Å². The highest BCUT2D eigenvalue weighted by Gasteiger charge is 2.16. The molecule has 0 bridgehead atoms.